The van der Waals surface area contributed by atoms with E-state index in [2.05, 4.69) is 0 Å². The van der Waals surface area contributed by atoms with Crippen LogP contribution in [0.1, 0.15) is 32.9 Å². The van der Waals surface area contributed by atoms with Gasteiger partial charge in [0.15, 0.2) is 0 Å². The molecule has 0 radical (unpaired) electrons. The van der Waals surface area contributed by atoms with Crippen LogP contribution in [0, 0.1) is 0 Å². The molecule has 42 valence electrons. The number of hydrogen-bond donors (Lipinski definition) is 1. The molecule has 0 aromatic carbocycles. The van der Waals surface area contributed by atoms with Gasteiger partial charge in [-0.05, 0) is 6.42 Å². The Morgan fingerprint density at radius 2 is 2.86 bits per heavy atom. The van der Waals surface area contributed by atoms with Crippen molar-refractivity contribution >= 4 is 5.91 Å². The van der Waals surface area contributed by atoms with Crippen LogP contribution in [-0.2, 0) is 4.79 Å². The number of rotatable bonds is 3. The van der Waals surface area contributed by atoms with Crippen LogP contribution in [0.4, 0.5) is 0 Å². The molecule has 2 N–H and O–H groups in total. The van der Waals surface area contributed by atoms with Crippen LogP contribution < -0.4 is 5.73 Å². The van der Waals surface area contributed by atoms with Gasteiger partial charge in [-0.2, -0.15) is 0 Å². The fourth-order valence-electron chi connectivity index (χ4n) is 0.186. The molecule has 1 amide bonds. The second-order valence-electron chi connectivity index (χ2n) is 1.14. The van der Waals surface area contributed by atoms with E-state index in [1.807, 2.05) is 0 Å². The second kappa shape index (κ2) is 3.65. The monoisotopic (exact) mass is 106 g/mol. The Morgan fingerprint density at radius 3 is 3.29 bits per heavy atom. The number of amides is 1. The first-order valence-corrected chi connectivity index (χ1v) is 1.95. The van der Waals surface area contributed by atoms with Crippen molar-refractivity contribution in [1.29, 1.82) is 0 Å². The van der Waals surface area contributed by atoms with E-state index in [1.165, 1.54) is 0 Å². The van der Waals surface area contributed by atoms with Gasteiger partial charge in [-0.25, -0.2) is 0 Å². The molecule has 0 aliphatic carbocycles. The van der Waals surface area contributed by atoms with Crippen molar-refractivity contribution in [2.24, 2.45) is 5.73 Å². The third kappa shape index (κ3) is 5.47. The summed E-state index contributed by atoms with van der Waals surface area (Å²) in [4.78, 5) is 10.2. The van der Waals surface area contributed by atoms with E-state index in [4.69, 9.17) is 12.6 Å². The number of primary amides is 1. The number of hydrogen-bond acceptors (Lipinski definition) is 1. The fraction of sp³-hybridized carbons (Fsp3) is 0.800. The van der Waals surface area contributed by atoms with Gasteiger partial charge >= 0.3 is 0 Å². The van der Waals surface area contributed by atoms with Crippen LogP contribution in [0.3, 0.4) is 0 Å². The molecule has 0 fully saturated rings. The van der Waals surface area contributed by atoms with Gasteiger partial charge in [0.05, 0.1) is 0 Å². The maximum atomic E-state index is 10.2. The first-order chi connectivity index (χ1) is 5.17. The summed E-state index contributed by atoms with van der Waals surface area (Å²) in [5.74, 6) is -0.692. The van der Waals surface area contributed by atoms with Gasteiger partial charge in [0, 0.05) is 13.3 Å². The number of carbonyl (C=O) groups is 1. The van der Waals surface area contributed by atoms with Crippen molar-refractivity contribution in [1.82, 2.24) is 0 Å². The zero-order valence-electron chi connectivity index (χ0n) is 8.90. The average molecular weight is 106 g/mol. The highest BCUT2D eigenvalue weighted by Gasteiger charge is 1.88. The average Bonchev–Trinajstić information content (AvgIpc) is 1.81. The molecule has 0 unspecified atom stereocenters. The van der Waals surface area contributed by atoms with E-state index in [0.717, 1.165) is 0 Å². The van der Waals surface area contributed by atoms with E-state index in [-0.39, 0.29) is 12.8 Å². The van der Waals surface area contributed by atoms with Gasteiger partial charge in [-0.3, -0.25) is 4.79 Å². The molecule has 0 aromatic heterocycles. The van der Waals surface area contributed by atoms with Gasteiger partial charge in [-0.15, -0.1) is 0 Å². The summed E-state index contributed by atoms with van der Waals surface area (Å²) in [5, 5.41) is 0. The molecule has 0 saturated carbocycles. The summed E-state index contributed by atoms with van der Waals surface area (Å²) in [5.41, 5.74) is 4.75. The molecular weight excluding hydrogens is 90.1 g/mol. The van der Waals surface area contributed by atoms with E-state index < -0.39 is 19.1 Å². The van der Waals surface area contributed by atoms with Crippen molar-refractivity contribution in [2.45, 2.75) is 26.1 Å². The lowest BCUT2D eigenvalue weighted by atomic mass is 10.2. The summed E-state index contributed by atoms with van der Waals surface area (Å²) in [6, 6.07) is 0. The maximum absolute atomic E-state index is 10.2. The molecule has 0 saturated heterocycles. The van der Waals surface area contributed by atoms with Crippen LogP contribution in [-0.4, -0.2) is 5.91 Å². The predicted molar refractivity (Wildman–Crippen MR) is 28.7 cm³/mol. The minimum Gasteiger partial charge on any atom is -0.370 e. The highest BCUT2D eigenvalue weighted by Crippen LogP contribution is 1.89. The van der Waals surface area contributed by atoms with Crippen LogP contribution in [0.2, 0.25) is 0 Å². The summed E-state index contributed by atoms with van der Waals surface area (Å²) in [7, 11) is 0. The Morgan fingerprint density at radius 1 is 2.14 bits per heavy atom. The Hall–Kier alpha value is -0.530. The molecule has 2 heteroatoms. The lowest BCUT2D eigenvalue weighted by molar-refractivity contribution is -0.118. The molecule has 0 spiro atoms. The molecule has 2 nitrogen and oxygen atoms in total. The molecule has 0 heterocycles. The van der Waals surface area contributed by atoms with Crippen molar-refractivity contribution in [3.63, 3.8) is 0 Å². The van der Waals surface area contributed by atoms with Crippen LogP contribution in [0.15, 0.2) is 0 Å². The lowest BCUT2D eigenvalue weighted by Crippen LogP contribution is -2.09. The molecular formula is C5H11NO. The SMILES string of the molecule is [2H]C([2H])([2H])C([2H])([2H])CCC(N)=O. The minimum atomic E-state index is -2.69. The molecule has 0 aliphatic heterocycles. The van der Waals surface area contributed by atoms with Crippen molar-refractivity contribution < 1.29 is 11.6 Å². The first kappa shape index (κ1) is 1.77. The Bertz CT molecular complexity index is 175. The van der Waals surface area contributed by atoms with E-state index in [0.29, 0.717) is 0 Å². The minimum absolute atomic E-state index is 0.245. The van der Waals surface area contributed by atoms with Gasteiger partial charge in [0.2, 0.25) is 5.91 Å². The summed E-state index contributed by atoms with van der Waals surface area (Å²) < 4.78 is 34.5. The summed E-state index contributed by atoms with van der Waals surface area (Å²) in [6.45, 7) is -2.69. The van der Waals surface area contributed by atoms with Crippen LogP contribution in [0.5, 0.6) is 0 Å². The smallest absolute Gasteiger partial charge is 0.217 e. The topological polar surface area (TPSA) is 43.1 Å². The number of carbonyl (C=O) groups excluding carboxylic acids is 1. The van der Waals surface area contributed by atoms with Crippen LogP contribution >= 0.6 is 0 Å². The van der Waals surface area contributed by atoms with Crippen molar-refractivity contribution in [3.8, 4) is 0 Å². The highest BCUT2D eigenvalue weighted by molar-refractivity contribution is 5.73. The van der Waals surface area contributed by atoms with Gasteiger partial charge in [0.25, 0.3) is 0 Å². The Labute approximate surface area is 50.7 Å². The highest BCUT2D eigenvalue weighted by atomic mass is 16.1. The summed E-state index contributed by atoms with van der Waals surface area (Å²) >= 11 is 0. The second-order valence-corrected chi connectivity index (χ2v) is 1.14. The molecule has 0 atom stereocenters. The third-order valence-electron chi connectivity index (χ3n) is 0.496. The number of nitrogens with two attached hydrogens (primary N) is 1. The van der Waals surface area contributed by atoms with Crippen LogP contribution in [0.25, 0.3) is 0 Å². The van der Waals surface area contributed by atoms with E-state index >= 15 is 0 Å². The van der Waals surface area contributed by atoms with Crippen molar-refractivity contribution in [2.75, 3.05) is 0 Å². The van der Waals surface area contributed by atoms with Gasteiger partial charge in [0.1, 0.15) is 0 Å². The van der Waals surface area contributed by atoms with Gasteiger partial charge in [-0.1, -0.05) is 13.2 Å². The Balaban J connectivity index is 4.14. The zero-order chi connectivity index (χ0) is 9.99. The third-order valence-corrected chi connectivity index (χ3v) is 0.496. The molecule has 0 rings (SSSR count). The van der Waals surface area contributed by atoms with Gasteiger partial charge < -0.3 is 5.73 Å². The summed E-state index contributed by atoms with van der Waals surface area (Å²) in [6.07, 6.45) is -2.94. The maximum Gasteiger partial charge on any atom is 0.217 e. The van der Waals surface area contributed by atoms with Crippen molar-refractivity contribution in [3.05, 3.63) is 0 Å². The molecule has 7 heavy (non-hydrogen) atoms. The quantitative estimate of drug-likeness (QED) is 0.564. The zero-order valence-corrected chi connectivity index (χ0v) is 3.90. The predicted octanol–water partition coefficient (Wildman–Crippen LogP) is 0.662. The van der Waals surface area contributed by atoms with E-state index in [9.17, 15) is 4.79 Å². The normalized spacial score (nSPS) is 23.1. The molecule has 0 aromatic rings. The first-order valence-electron chi connectivity index (χ1n) is 4.45. The standard InChI is InChI=1S/C5H11NO/c1-2-3-4-5(6)7/h2-4H2,1H3,(H2,6,7)/i1D3,2D2. The largest absolute Gasteiger partial charge is 0.370 e. The Kier molecular flexibility index (Phi) is 0.922. The lowest BCUT2D eigenvalue weighted by Gasteiger charge is -1.86. The fourth-order valence-corrected chi connectivity index (χ4v) is 0.186. The van der Waals surface area contributed by atoms with E-state index in [1.54, 1.807) is 0 Å². The molecule has 0 bridgehead atoms. The molecule has 0 aliphatic rings.